The summed E-state index contributed by atoms with van der Waals surface area (Å²) in [6, 6.07) is 16.1. The third kappa shape index (κ3) is 4.30. The summed E-state index contributed by atoms with van der Waals surface area (Å²) in [6.45, 7) is 3.80. The molecule has 2 aromatic carbocycles. The number of aryl methyl sites for hydroxylation is 2. The summed E-state index contributed by atoms with van der Waals surface area (Å²) in [7, 11) is -3.98. The van der Waals surface area contributed by atoms with Crippen LogP contribution in [0.4, 0.5) is 0 Å². The Morgan fingerprint density at radius 1 is 1.07 bits per heavy atom. The zero-order chi connectivity index (χ0) is 19.4. The van der Waals surface area contributed by atoms with Gasteiger partial charge in [0.15, 0.2) is 0 Å². The number of rotatable bonds is 4. The molecule has 0 unspecified atom stereocenters. The van der Waals surface area contributed by atoms with Gasteiger partial charge in [-0.2, -0.15) is 13.7 Å². The van der Waals surface area contributed by atoms with Gasteiger partial charge < -0.3 is 0 Å². The Labute approximate surface area is 162 Å². The van der Waals surface area contributed by atoms with Crippen LogP contribution in [-0.2, 0) is 14.4 Å². The van der Waals surface area contributed by atoms with Crippen molar-refractivity contribution < 1.29 is 12.7 Å². The fraction of sp³-hybridized carbons (Fsp3) is 0.100. The first-order chi connectivity index (χ1) is 12.9. The normalized spacial score (nSPS) is 17.0. The van der Waals surface area contributed by atoms with Gasteiger partial charge in [-0.1, -0.05) is 58.9 Å². The maximum atomic E-state index is 12.2. The average molecular weight is 396 g/mol. The summed E-state index contributed by atoms with van der Waals surface area (Å²) in [5, 5.41) is 13.7. The summed E-state index contributed by atoms with van der Waals surface area (Å²) >= 11 is 1.19. The highest BCUT2D eigenvalue weighted by molar-refractivity contribution is 8.18. The van der Waals surface area contributed by atoms with Gasteiger partial charge in [0.2, 0.25) is 0 Å². The zero-order valence-electron chi connectivity index (χ0n) is 14.7. The van der Waals surface area contributed by atoms with Crippen LogP contribution in [0.25, 0.3) is 5.57 Å². The van der Waals surface area contributed by atoms with E-state index in [1.165, 1.54) is 23.9 Å². The summed E-state index contributed by atoms with van der Waals surface area (Å²) < 4.78 is 29.2. The summed E-state index contributed by atoms with van der Waals surface area (Å²) in [5.74, 6) is 0. The monoisotopic (exact) mass is 396 g/mol. The van der Waals surface area contributed by atoms with E-state index in [1.54, 1.807) is 24.3 Å². The van der Waals surface area contributed by atoms with E-state index in [0.29, 0.717) is 15.5 Å². The fourth-order valence-electron chi connectivity index (χ4n) is 2.45. The molecule has 1 heterocycles. The molecule has 136 valence electrons. The van der Waals surface area contributed by atoms with E-state index in [9.17, 15) is 13.7 Å². The molecule has 0 bridgehead atoms. The molecule has 5 nitrogen and oxygen atoms in total. The second-order valence-corrected chi connectivity index (χ2v) is 8.46. The number of nitriles is 1. The number of hydrogen-bond donors (Lipinski definition) is 0. The Morgan fingerprint density at radius 2 is 1.78 bits per heavy atom. The number of thioether (sulfide) groups is 1. The Balaban J connectivity index is 1.82. The van der Waals surface area contributed by atoms with E-state index in [2.05, 4.69) is 11.2 Å². The Hall–Kier alpha value is -2.82. The first-order valence-corrected chi connectivity index (χ1v) is 10.3. The van der Waals surface area contributed by atoms with Crippen molar-refractivity contribution in [3.05, 3.63) is 82.3 Å². The van der Waals surface area contributed by atoms with Crippen LogP contribution in [-0.4, -0.2) is 13.5 Å². The van der Waals surface area contributed by atoms with Crippen molar-refractivity contribution in [1.29, 1.82) is 5.26 Å². The van der Waals surface area contributed by atoms with E-state index >= 15 is 0 Å². The van der Waals surface area contributed by atoms with Crippen molar-refractivity contribution in [3.8, 4) is 6.07 Å². The molecular formula is C20H16N2O3S2. The zero-order valence-corrected chi connectivity index (χ0v) is 16.3. The molecule has 7 heteroatoms. The maximum Gasteiger partial charge on any atom is 0.358 e. The van der Waals surface area contributed by atoms with Crippen LogP contribution in [0.1, 0.15) is 16.7 Å². The minimum Gasteiger partial charge on any atom is -0.264 e. The van der Waals surface area contributed by atoms with E-state index in [-0.39, 0.29) is 4.90 Å². The highest BCUT2D eigenvalue weighted by Crippen LogP contribution is 2.35. The van der Waals surface area contributed by atoms with Crippen molar-refractivity contribution >= 4 is 32.5 Å². The molecule has 1 aliphatic heterocycles. The summed E-state index contributed by atoms with van der Waals surface area (Å²) in [6.07, 6.45) is 3.36. The Morgan fingerprint density at radius 3 is 2.44 bits per heavy atom. The first-order valence-electron chi connectivity index (χ1n) is 8.05. The van der Waals surface area contributed by atoms with Gasteiger partial charge in [0.25, 0.3) is 0 Å². The van der Waals surface area contributed by atoms with E-state index in [4.69, 9.17) is 4.28 Å². The van der Waals surface area contributed by atoms with Crippen molar-refractivity contribution in [2.75, 3.05) is 0 Å². The molecule has 0 saturated heterocycles. The van der Waals surface area contributed by atoms with Gasteiger partial charge in [0.1, 0.15) is 16.0 Å². The van der Waals surface area contributed by atoms with Crippen molar-refractivity contribution in [3.63, 3.8) is 0 Å². The molecule has 0 N–H and O–H groups in total. The number of allylic oxidation sites excluding steroid dienone is 2. The second-order valence-electron chi connectivity index (χ2n) is 5.87. The van der Waals surface area contributed by atoms with Crippen LogP contribution in [0.15, 0.2) is 75.6 Å². The van der Waals surface area contributed by atoms with E-state index < -0.39 is 10.1 Å². The van der Waals surface area contributed by atoms with Gasteiger partial charge in [-0.05, 0) is 49.3 Å². The lowest BCUT2D eigenvalue weighted by Crippen LogP contribution is -2.03. The van der Waals surface area contributed by atoms with Gasteiger partial charge >= 0.3 is 10.1 Å². The van der Waals surface area contributed by atoms with Gasteiger partial charge in [-0.3, -0.25) is 4.28 Å². The molecule has 0 aromatic heterocycles. The van der Waals surface area contributed by atoms with Gasteiger partial charge in [-0.15, -0.1) is 0 Å². The smallest absolute Gasteiger partial charge is 0.264 e. The third-order valence-corrected chi connectivity index (χ3v) is 6.00. The summed E-state index contributed by atoms with van der Waals surface area (Å²) in [5.41, 5.74) is 3.28. The molecule has 0 aliphatic carbocycles. The SMILES string of the molecule is Cc1ccc(S(=O)(=O)ON=C2C=C/C(=C(/C#N)c3ccccc3C)S2)cc1. The van der Waals surface area contributed by atoms with Crippen molar-refractivity contribution in [2.24, 2.45) is 5.16 Å². The molecule has 27 heavy (non-hydrogen) atoms. The molecule has 0 fully saturated rings. The lowest BCUT2D eigenvalue weighted by atomic mass is 10.0. The Kier molecular flexibility index (Phi) is 5.49. The molecule has 2 aromatic rings. The fourth-order valence-corrected chi connectivity index (χ4v) is 4.06. The minimum atomic E-state index is -3.98. The topological polar surface area (TPSA) is 79.5 Å². The third-order valence-electron chi connectivity index (χ3n) is 3.90. The van der Waals surface area contributed by atoms with Crippen LogP contribution in [0, 0.1) is 25.2 Å². The summed E-state index contributed by atoms with van der Waals surface area (Å²) in [4.78, 5) is 0.736. The van der Waals surface area contributed by atoms with Crippen LogP contribution in [0.3, 0.4) is 0 Å². The highest BCUT2D eigenvalue weighted by atomic mass is 32.2. The molecule has 0 atom stereocenters. The average Bonchev–Trinajstić information content (AvgIpc) is 3.11. The van der Waals surface area contributed by atoms with Crippen LogP contribution < -0.4 is 0 Å². The predicted molar refractivity (Wildman–Crippen MR) is 107 cm³/mol. The number of hydrogen-bond acceptors (Lipinski definition) is 6. The quantitative estimate of drug-likeness (QED) is 0.559. The Bertz CT molecular complexity index is 1110. The lowest BCUT2D eigenvalue weighted by Gasteiger charge is -2.06. The first kappa shape index (κ1) is 19.0. The van der Waals surface area contributed by atoms with E-state index in [1.807, 2.05) is 38.1 Å². The largest absolute Gasteiger partial charge is 0.358 e. The van der Waals surface area contributed by atoms with Crippen molar-refractivity contribution in [1.82, 2.24) is 0 Å². The molecule has 1 aliphatic rings. The number of benzene rings is 2. The molecule has 0 saturated carbocycles. The van der Waals surface area contributed by atoms with Crippen LogP contribution in [0.5, 0.6) is 0 Å². The lowest BCUT2D eigenvalue weighted by molar-refractivity contribution is 0.340. The maximum absolute atomic E-state index is 12.2. The standard InChI is InChI=1S/C20H16N2O3S2/c1-14-7-9-16(10-8-14)27(23,24)25-22-20-12-11-19(26-20)18(13-21)17-6-4-3-5-15(17)2/h3-12H,1-2H3/b19-18+,22-20?. The minimum absolute atomic E-state index is 0.0396. The second kappa shape index (κ2) is 7.82. The van der Waals surface area contributed by atoms with Gasteiger partial charge in [0, 0.05) is 4.91 Å². The molecule has 0 amide bonds. The molecular weight excluding hydrogens is 380 g/mol. The molecule has 0 spiro atoms. The van der Waals surface area contributed by atoms with Gasteiger partial charge in [0.05, 0.1) is 5.57 Å². The number of oxime groups is 1. The van der Waals surface area contributed by atoms with Crippen molar-refractivity contribution in [2.45, 2.75) is 18.7 Å². The van der Waals surface area contributed by atoms with Crippen LogP contribution >= 0.6 is 11.8 Å². The van der Waals surface area contributed by atoms with Crippen LogP contribution in [0.2, 0.25) is 0 Å². The molecule has 0 radical (unpaired) electrons. The van der Waals surface area contributed by atoms with E-state index in [0.717, 1.165) is 16.7 Å². The predicted octanol–water partition coefficient (Wildman–Crippen LogP) is 4.56. The number of nitrogens with zero attached hydrogens (tertiary/aromatic N) is 2. The highest BCUT2D eigenvalue weighted by Gasteiger charge is 2.19. The molecule has 3 rings (SSSR count). The van der Waals surface area contributed by atoms with Gasteiger partial charge in [-0.25, -0.2) is 0 Å².